The molecule has 0 spiro atoms. The Bertz CT molecular complexity index is 1150. The summed E-state index contributed by atoms with van der Waals surface area (Å²) < 4.78 is 5.32. The highest BCUT2D eigenvalue weighted by Crippen LogP contribution is 2.36. The predicted octanol–water partition coefficient (Wildman–Crippen LogP) is 6.65. The maximum absolute atomic E-state index is 9.94. The topological polar surface area (TPSA) is 45.9 Å². The summed E-state index contributed by atoms with van der Waals surface area (Å²) in [5, 5.41) is 12.7. The molecule has 0 amide bonds. The van der Waals surface area contributed by atoms with E-state index in [1.54, 1.807) is 30.2 Å². The van der Waals surface area contributed by atoms with E-state index in [9.17, 15) is 5.26 Å². The molecule has 0 aliphatic rings. The maximum Gasteiger partial charge on any atom is 0.119 e. The zero-order valence-electron chi connectivity index (χ0n) is 15.8. The number of nitriles is 1. The molecule has 2 aromatic heterocycles. The molecule has 5 heteroatoms. The van der Waals surface area contributed by atoms with Crippen LogP contribution in [0.25, 0.3) is 21.7 Å². The normalized spacial score (nSPS) is 10.5. The predicted molar refractivity (Wildman–Crippen MR) is 120 cm³/mol. The third-order valence-corrected chi connectivity index (χ3v) is 6.41. The largest absolute Gasteiger partial charge is 0.497 e. The molecular formula is C24H18N2OS2. The van der Waals surface area contributed by atoms with Crippen LogP contribution in [0.1, 0.15) is 11.1 Å². The number of nitrogens with zero attached hydrogens (tertiary/aromatic N) is 2. The van der Waals surface area contributed by atoms with Crippen LogP contribution in [0.4, 0.5) is 0 Å². The van der Waals surface area contributed by atoms with Gasteiger partial charge >= 0.3 is 0 Å². The molecule has 4 aromatic rings. The molecule has 2 aromatic carbocycles. The number of methoxy groups -OCH3 is 1. The Hall–Kier alpha value is -3.07. The zero-order valence-corrected chi connectivity index (χ0v) is 17.5. The summed E-state index contributed by atoms with van der Waals surface area (Å²) in [6, 6.07) is 26.5. The molecule has 4 rings (SSSR count). The summed E-state index contributed by atoms with van der Waals surface area (Å²) in [4.78, 5) is 5.94. The lowest BCUT2D eigenvalue weighted by molar-refractivity contribution is 0.414. The molecule has 0 N–H and O–H groups in total. The van der Waals surface area contributed by atoms with Gasteiger partial charge in [-0.2, -0.15) is 5.26 Å². The Kier molecular flexibility index (Phi) is 5.95. The summed E-state index contributed by atoms with van der Waals surface area (Å²) >= 11 is 3.23. The monoisotopic (exact) mass is 414 g/mol. The summed E-state index contributed by atoms with van der Waals surface area (Å²) in [6.07, 6.45) is 0. The summed E-state index contributed by atoms with van der Waals surface area (Å²) in [5.41, 5.74) is 4.57. The van der Waals surface area contributed by atoms with Crippen LogP contribution in [0.5, 0.6) is 5.75 Å². The van der Waals surface area contributed by atoms with Gasteiger partial charge in [-0.3, -0.25) is 0 Å². The second-order valence-corrected chi connectivity index (χ2v) is 8.24. The first kappa shape index (κ1) is 19.3. The highest BCUT2D eigenvalue weighted by Gasteiger charge is 2.16. The van der Waals surface area contributed by atoms with Crippen LogP contribution in [-0.4, -0.2) is 12.1 Å². The molecule has 0 bridgehead atoms. The van der Waals surface area contributed by atoms with Gasteiger partial charge in [0.2, 0.25) is 0 Å². The lowest BCUT2D eigenvalue weighted by atomic mass is 10.0. The molecule has 2 heterocycles. The quantitative estimate of drug-likeness (QED) is 0.331. The van der Waals surface area contributed by atoms with Crippen LogP contribution < -0.4 is 4.74 Å². The number of rotatable bonds is 6. The molecule has 0 atom stereocenters. The first-order valence-corrected chi connectivity index (χ1v) is 10.9. The van der Waals surface area contributed by atoms with E-state index in [0.29, 0.717) is 11.3 Å². The van der Waals surface area contributed by atoms with E-state index in [2.05, 4.69) is 18.2 Å². The van der Waals surface area contributed by atoms with Gasteiger partial charge in [-0.25, -0.2) is 4.98 Å². The minimum Gasteiger partial charge on any atom is -0.497 e. The number of hydrogen-bond acceptors (Lipinski definition) is 5. The zero-order chi connectivity index (χ0) is 20.1. The Morgan fingerprint density at radius 3 is 2.62 bits per heavy atom. The van der Waals surface area contributed by atoms with E-state index in [0.717, 1.165) is 38.0 Å². The number of thioether (sulfide) groups is 1. The fourth-order valence-corrected chi connectivity index (χ4v) is 4.68. The van der Waals surface area contributed by atoms with Crippen molar-refractivity contribution < 1.29 is 4.74 Å². The van der Waals surface area contributed by atoms with E-state index < -0.39 is 0 Å². The van der Waals surface area contributed by atoms with Crippen LogP contribution >= 0.6 is 23.1 Å². The van der Waals surface area contributed by atoms with Crippen LogP contribution in [0.2, 0.25) is 0 Å². The first-order chi connectivity index (χ1) is 14.3. The lowest BCUT2D eigenvalue weighted by Gasteiger charge is -2.12. The maximum atomic E-state index is 9.94. The van der Waals surface area contributed by atoms with Gasteiger partial charge in [0.1, 0.15) is 16.8 Å². The fourth-order valence-electron chi connectivity index (χ4n) is 3.04. The van der Waals surface area contributed by atoms with Crippen LogP contribution in [0, 0.1) is 11.3 Å². The van der Waals surface area contributed by atoms with E-state index in [1.807, 2.05) is 66.0 Å². The Morgan fingerprint density at radius 1 is 1.03 bits per heavy atom. The number of thiophene rings is 1. The van der Waals surface area contributed by atoms with Crippen molar-refractivity contribution in [2.75, 3.05) is 7.11 Å². The fraction of sp³-hybridized carbons (Fsp3) is 0.0833. The molecule has 0 fully saturated rings. The van der Waals surface area contributed by atoms with Gasteiger partial charge in [-0.05, 0) is 40.8 Å². The standard InChI is InChI=1S/C24H18N2OS2/c1-27-19-10-5-7-17(13-19)16-29-24-21(15-25)20(18-8-3-2-4-9-18)14-22(26-24)23-11-6-12-28-23/h2-14H,16H2,1H3. The Morgan fingerprint density at radius 2 is 1.90 bits per heavy atom. The second kappa shape index (κ2) is 8.95. The number of benzene rings is 2. The van der Waals surface area contributed by atoms with Crippen molar-refractivity contribution >= 4 is 23.1 Å². The van der Waals surface area contributed by atoms with Crippen molar-refractivity contribution in [1.82, 2.24) is 4.98 Å². The minimum atomic E-state index is 0.615. The van der Waals surface area contributed by atoms with Gasteiger partial charge in [0, 0.05) is 11.3 Å². The van der Waals surface area contributed by atoms with E-state index in [1.165, 1.54) is 0 Å². The van der Waals surface area contributed by atoms with Gasteiger partial charge in [0.15, 0.2) is 0 Å². The third kappa shape index (κ3) is 4.34. The highest BCUT2D eigenvalue weighted by atomic mass is 32.2. The number of ether oxygens (including phenoxy) is 1. The van der Waals surface area contributed by atoms with Crippen LogP contribution in [0.3, 0.4) is 0 Å². The molecule has 0 unspecified atom stereocenters. The Balaban J connectivity index is 1.77. The van der Waals surface area contributed by atoms with Crippen LogP contribution in [-0.2, 0) is 5.75 Å². The van der Waals surface area contributed by atoms with Gasteiger partial charge < -0.3 is 4.74 Å². The van der Waals surface area contributed by atoms with Gasteiger partial charge in [0.05, 0.1) is 23.2 Å². The second-order valence-electron chi connectivity index (χ2n) is 6.33. The number of aromatic nitrogens is 1. The van der Waals surface area contributed by atoms with Gasteiger partial charge in [0.25, 0.3) is 0 Å². The molecule has 0 aliphatic carbocycles. The summed E-state index contributed by atoms with van der Waals surface area (Å²) in [7, 11) is 1.66. The molecule has 0 saturated carbocycles. The van der Waals surface area contributed by atoms with Crippen LogP contribution in [0.15, 0.2) is 83.2 Å². The SMILES string of the molecule is COc1cccc(CSc2nc(-c3cccs3)cc(-c3ccccc3)c2C#N)c1. The molecule has 0 aliphatic heterocycles. The smallest absolute Gasteiger partial charge is 0.119 e. The third-order valence-electron chi connectivity index (χ3n) is 4.47. The number of pyridine rings is 1. The molecule has 142 valence electrons. The van der Waals surface area contributed by atoms with E-state index in [4.69, 9.17) is 9.72 Å². The van der Waals surface area contributed by atoms with Crippen molar-refractivity contribution in [2.24, 2.45) is 0 Å². The average molecular weight is 415 g/mol. The molecule has 3 nitrogen and oxygen atoms in total. The molecule has 29 heavy (non-hydrogen) atoms. The molecule has 0 radical (unpaired) electrons. The average Bonchev–Trinajstić information content (AvgIpc) is 3.33. The Labute approximate surface area is 178 Å². The van der Waals surface area contributed by atoms with Crippen molar-refractivity contribution in [3.63, 3.8) is 0 Å². The van der Waals surface area contributed by atoms with Crippen molar-refractivity contribution in [1.29, 1.82) is 5.26 Å². The first-order valence-electron chi connectivity index (χ1n) is 9.08. The highest BCUT2D eigenvalue weighted by molar-refractivity contribution is 7.98. The van der Waals surface area contributed by atoms with E-state index in [-0.39, 0.29) is 0 Å². The summed E-state index contributed by atoms with van der Waals surface area (Å²) in [5.74, 6) is 1.54. The lowest BCUT2D eigenvalue weighted by Crippen LogP contribution is -1.95. The minimum absolute atomic E-state index is 0.615. The number of hydrogen-bond donors (Lipinski definition) is 0. The molecule has 0 saturated heterocycles. The van der Waals surface area contributed by atoms with E-state index >= 15 is 0 Å². The van der Waals surface area contributed by atoms with Crippen molar-refractivity contribution in [3.05, 3.63) is 89.3 Å². The van der Waals surface area contributed by atoms with Gasteiger partial charge in [-0.15, -0.1) is 23.1 Å². The summed E-state index contributed by atoms with van der Waals surface area (Å²) in [6.45, 7) is 0. The van der Waals surface area contributed by atoms with Gasteiger partial charge in [-0.1, -0.05) is 48.5 Å². The van der Waals surface area contributed by atoms with Crippen molar-refractivity contribution in [2.45, 2.75) is 10.8 Å². The van der Waals surface area contributed by atoms with Crippen molar-refractivity contribution in [3.8, 4) is 33.5 Å². The molecular weight excluding hydrogens is 396 g/mol.